The molecule has 2 aromatic carbocycles. The number of aliphatic imine (C=N–C) groups is 1. The number of carbonyl (C=O) groups excluding carboxylic acids is 1. The summed E-state index contributed by atoms with van der Waals surface area (Å²) in [5.41, 5.74) is 2.54. The molecule has 3 aromatic rings. The van der Waals surface area contributed by atoms with Gasteiger partial charge < -0.3 is 20.7 Å². The van der Waals surface area contributed by atoms with E-state index >= 15 is 0 Å². The van der Waals surface area contributed by atoms with Crippen molar-refractivity contribution in [2.24, 2.45) is 4.99 Å². The van der Waals surface area contributed by atoms with Gasteiger partial charge in [0.25, 0.3) is 0 Å². The van der Waals surface area contributed by atoms with Crippen molar-refractivity contribution >= 4 is 17.6 Å². The van der Waals surface area contributed by atoms with Gasteiger partial charge in [0.2, 0.25) is 5.91 Å². The number of nitrogens with zero attached hydrogens (tertiary/aromatic N) is 3. The molecule has 174 valence electrons. The van der Waals surface area contributed by atoms with Gasteiger partial charge in [-0.15, -0.1) is 0 Å². The average molecular weight is 449 g/mol. The van der Waals surface area contributed by atoms with Crippen molar-refractivity contribution in [3.8, 4) is 5.75 Å². The number of nitrogens with one attached hydrogen (secondary N) is 3. The van der Waals surface area contributed by atoms with Crippen LogP contribution in [0.4, 0.5) is 5.69 Å². The lowest BCUT2D eigenvalue weighted by molar-refractivity contribution is -0.116. The van der Waals surface area contributed by atoms with Gasteiger partial charge in [-0.3, -0.25) is 14.5 Å². The van der Waals surface area contributed by atoms with E-state index in [1.807, 2.05) is 69.3 Å². The molecule has 0 spiro atoms. The highest BCUT2D eigenvalue weighted by molar-refractivity contribution is 5.90. The first-order valence-electron chi connectivity index (χ1n) is 10.9. The van der Waals surface area contributed by atoms with E-state index in [1.165, 1.54) is 0 Å². The second-order valence-electron chi connectivity index (χ2n) is 8.55. The maximum Gasteiger partial charge on any atom is 0.246 e. The summed E-state index contributed by atoms with van der Waals surface area (Å²) < 4.78 is 7.65. The van der Waals surface area contributed by atoms with Gasteiger partial charge in [0.15, 0.2) is 5.96 Å². The first kappa shape index (κ1) is 23.8. The van der Waals surface area contributed by atoms with Gasteiger partial charge in [0.05, 0.1) is 0 Å². The maximum absolute atomic E-state index is 12.2. The summed E-state index contributed by atoms with van der Waals surface area (Å²) in [6.07, 6.45) is 3.41. The van der Waals surface area contributed by atoms with Crippen LogP contribution in [-0.4, -0.2) is 34.3 Å². The molecule has 1 amide bonds. The van der Waals surface area contributed by atoms with Crippen molar-refractivity contribution in [2.75, 3.05) is 12.4 Å². The highest BCUT2D eigenvalue weighted by Crippen LogP contribution is 2.22. The lowest BCUT2D eigenvalue weighted by Gasteiger charge is -2.23. The van der Waals surface area contributed by atoms with E-state index < -0.39 is 0 Å². The Morgan fingerprint density at radius 1 is 1.06 bits per heavy atom. The molecule has 0 aliphatic rings. The van der Waals surface area contributed by atoms with Gasteiger partial charge in [-0.05, 0) is 50.6 Å². The average Bonchev–Trinajstić information content (AvgIpc) is 3.27. The number of anilines is 1. The van der Waals surface area contributed by atoms with Crippen molar-refractivity contribution in [3.63, 3.8) is 0 Å². The standard InChI is InChI=1S/C25H32N6O2/c1-25(2,3)33-22-12-6-5-10-20(22)17-28-24(26-4)27-16-19-9-7-11-21(15-19)30-23(32)18-31-14-8-13-29-31/h5-15H,16-18H2,1-4H3,(H,30,32)(H2,26,27,28). The first-order chi connectivity index (χ1) is 15.8. The Kier molecular flexibility index (Phi) is 8.07. The van der Waals surface area contributed by atoms with Gasteiger partial charge in [-0.2, -0.15) is 5.10 Å². The number of benzene rings is 2. The molecule has 1 heterocycles. The molecule has 33 heavy (non-hydrogen) atoms. The fraction of sp³-hybridized carbons (Fsp3) is 0.320. The molecular formula is C25H32N6O2. The van der Waals surface area contributed by atoms with Crippen LogP contribution in [0.3, 0.4) is 0 Å². The van der Waals surface area contributed by atoms with Crippen LogP contribution in [0, 0.1) is 0 Å². The van der Waals surface area contributed by atoms with E-state index in [0.717, 1.165) is 22.6 Å². The number of carbonyl (C=O) groups is 1. The number of hydrogen-bond donors (Lipinski definition) is 3. The van der Waals surface area contributed by atoms with Gasteiger partial charge >= 0.3 is 0 Å². The Bertz CT molecular complexity index is 1070. The van der Waals surface area contributed by atoms with E-state index in [1.54, 1.807) is 30.2 Å². The highest BCUT2D eigenvalue weighted by Gasteiger charge is 2.14. The number of hydrogen-bond acceptors (Lipinski definition) is 4. The molecular weight excluding hydrogens is 416 g/mol. The summed E-state index contributed by atoms with van der Waals surface area (Å²) >= 11 is 0. The fourth-order valence-electron chi connectivity index (χ4n) is 3.17. The fourth-order valence-corrected chi connectivity index (χ4v) is 3.17. The molecule has 0 bridgehead atoms. The minimum atomic E-state index is -0.269. The lowest BCUT2D eigenvalue weighted by Crippen LogP contribution is -2.36. The molecule has 0 fully saturated rings. The van der Waals surface area contributed by atoms with Crippen LogP contribution in [0.1, 0.15) is 31.9 Å². The number of amides is 1. The molecule has 0 radical (unpaired) electrons. The summed E-state index contributed by atoms with van der Waals surface area (Å²) in [7, 11) is 1.73. The molecule has 8 heteroatoms. The predicted octanol–water partition coefficient (Wildman–Crippen LogP) is 3.56. The zero-order valence-corrected chi connectivity index (χ0v) is 19.6. The number of rotatable bonds is 8. The normalized spacial score (nSPS) is 11.7. The molecule has 8 nitrogen and oxygen atoms in total. The zero-order chi connectivity index (χ0) is 23.7. The second-order valence-corrected chi connectivity index (χ2v) is 8.55. The minimum absolute atomic E-state index is 0.127. The lowest BCUT2D eigenvalue weighted by atomic mass is 10.1. The minimum Gasteiger partial charge on any atom is -0.488 e. The summed E-state index contributed by atoms with van der Waals surface area (Å²) in [5.74, 6) is 1.40. The second kappa shape index (κ2) is 11.2. The predicted molar refractivity (Wildman–Crippen MR) is 131 cm³/mol. The van der Waals surface area contributed by atoms with Crippen LogP contribution in [0.15, 0.2) is 72.0 Å². The summed E-state index contributed by atoms with van der Waals surface area (Å²) in [4.78, 5) is 16.5. The molecule has 0 saturated heterocycles. The first-order valence-corrected chi connectivity index (χ1v) is 10.9. The Morgan fingerprint density at radius 3 is 2.58 bits per heavy atom. The Hall–Kier alpha value is -3.81. The molecule has 3 N–H and O–H groups in total. The largest absolute Gasteiger partial charge is 0.488 e. The van der Waals surface area contributed by atoms with Crippen LogP contribution in [0.25, 0.3) is 0 Å². The molecule has 0 unspecified atom stereocenters. The zero-order valence-electron chi connectivity index (χ0n) is 19.6. The van der Waals surface area contributed by atoms with E-state index in [4.69, 9.17) is 4.74 Å². The summed E-state index contributed by atoms with van der Waals surface area (Å²) in [5, 5.41) is 13.6. The summed E-state index contributed by atoms with van der Waals surface area (Å²) in [6.45, 7) is 7.41. The highest BCUT2D eigenvalue weighted by atomic mass is 16.5. The van der Waals surface area contributed by atoms with Gasteiger partial charge in [0, 0.05) is 43.8 Å². The van der Waals surface area contributed by atoms with Gasteiger partial charge in [-0.25, -0.2) is 0 Å². The van der Waals surface area contributed by atoms with Crippen LogP contribution in [0.2, 0.25) is 0 Å². The third-order valence-corrected chi connectivity index (χ3v) is 4.59. The third-order valence-electron chi connectivity index (χ3n) is 4.59. The molecule has 3 rings (SSSR count). The number of ether oxygens (including phenoxy) is 1. The van der Waals surface area contributed by atoms with E-state index in [9.17, 15) is 4.79 Å². The quantitative estimate of drug-likeness (QED) is 0.362. The smallest absolute Gasteiger partial charge is 0.246 e. The molecule has 0 atom stereocenters. The van der Waals surface area contributed by atoms with Crippen LogP contribution in [-0.2, 0) is 24.4 Å². The van der Waals surface area contributed by atoms with E-state index in [0.29, 0.717) is 19.0 Å². The van der Waals surface area contributed by atoms with Gasteiger partial charge in [-0.1, -0.05) is 30.3 Å². The van der Waals surface area contributed by atoms with Crippen LogP contribution >= 0.6 is 0 Å². The molecule has 0 saturated carbocycles. The van der Waals surface area contributed by atoms with Gasteiger partial charge in [0.1, 0.15) is 17.9 Å². The molecule has 0 aliphatic carbocycles. The summed E-state index contributed by atoms with van der Waals surface area (Å²) in [6, 6.07) is 17.5. The van der Waals surface area contributed by atoms with E-state index in [2.05, 4.69) is 26.0 Å². The Labute approximate surface area is 195 Å². The Balaban J connectivity index is 1.53. The van der Waals surface area contributed by atoms with Crippen molar-refractivity contribution in [2.45, 2.75) is 46.0 Å². The SMILES string of the molecule is CN=C(NCc1cccc(NC(=O)Cn2cccn2)c1)NCc1ccccc1OC(C)(C)C. The van der Waals surface area contributed by atoms with Crippen LogP contribution < -0.4 is 20.7 Å². The number of para-hydroxylation sites is 1. The monoisotopic (exact) mass is 448 g/mol. The van der Waals surface area contributed by atoms with Crippen molar-refractivity contribution < 1.29 is 9.53 Å². The van der Waals surface area contributed by atoms with Crippen molar-refractivity contribution in [3.05, 3.63) is 78.1 Å². The van der Waals surface area contributed by atoms with E-state index in [-0.39, 0.29) is 18.1 Å². The van der Waals surface area contributed by atoms with Crippen molar-refractivity contribution in [1.29, 1.82) is 0 Å². The maximum atomic E-state index is 12.2. The third kappa shape index (κ3) is 7.99. The number of guanidine groups is 1. The topological polar surface area (TPSA) is 92.6 Å². The van der Waals surface area contributed by atoms with Crippen LogP contribution in [0.5, 0.6) is 5.75 Å². The number of aromatic nitrogens is 2. The van der Waals surface area contributed by atoms with Crippen molar-refractivity contribution in [1.82, 2.24) is 20.4 Å². The Morgan fingerprint density at radius 2 is 1.85 bits per heavy atom. The molecule has 1 aromatic heterocycles. The molecule has 0 aliphatic heterocycles.